The monoisotopic (exact) mass is 388 g/mol. The highest BCUT2D eigenvalue weighted by Gasteiger charge is 2.25. The van der Waals surface area contributed by atoms with Gasteiger partial charge < -0.3 is 15.4 Å². The normalized spacial score (nSPS) is 13.0. The summed E-state index contributed by atoms with van der Waals surface area (Å²) < 4.78 is 5.29. The van der Waals surface area contributed by atoms with Gasteiger partial charge in [0.15, 0.2) is 5.78 Å². The number of ether oxygens (including phenoxy) is 1. The average Bonchev–Trinajstić information content (AvgIpc) is 2.71. The van der Waals surface area contributed by atoms with E-state index in [0.29, 0.717) is 23.8 Å². The number of aryl methyl sites for hydroxylation is 3. The van der Waals surface area contributed by atoms with Gasteiger partial charge in [0.05, 0.1) is 18.4 Å². The number of nitrogens with one attached hydrogen (secondary N) is 2. The molecule has 0 saturated carbocycles. The van der Waals surface area contributed by atoms with Crippen molar-refractivity contribution < 1.29 is 9.53 Å². The van der Waals surface area contributed by atoms with Gasteiger partial charge in [-0.3, -0.25) is 4.79 Å². The van der Waals surface area contributed by atoms with E-state index in [1.807, 2.05) is 56.3 Å². The van der Waals surface area contributed by atoms with Gasteiger partial charge in [0.25, 0.3) is 0 Å². The highest BCUT2D eigenvalue weighted by Crippen LogP contribution is 2.32. The second-order valence-corrected chi connectivity index (χ2v) is 7.24. The van der Waals surface area contributed by atoms with Crippen molar-refractivity contribution in [3.63, 3.8) is 0 Å². The van der Waals surface area contributed by atoms with E-state index in [9.17, 15) is 4.79 Å². The molecule has 4 rings (SSSR count). The van der Waals surface area contributed by atoms with Crippen molar-refractivity contribution in [2.45, 2.75) is 33.1 Å². The minimum atomic E-state index is 0.0907. The van der Waals surface area contributed by atoms with E-state index in [2.05, 4.69) is 20.6 Å². The van der Waals surface area contributed by atoms with Crippen LogP contribution in [0, 0.1) is 13.8 Å². The van der Waals surface area contributed by atoms with Crippen LogP contribution in [0.5, 0.6) is 5.75 Å². The van der Waals surface area contributed by atoms with E-state index in [4.69, 9.17) is 4.74 Å². The van der Waals surface area contributed by atoms with Crippen LogP contribution in [0.1, 0.15) is 40.0 Å². The molecule has 0 atom stereocenters. The summed E-state index contributed by atoms with van der Waals surface area (Å²) in [6, 6.07) is 13.7. The van der Waals surface area contributed by atoms with Crippen molar-refractivity contribution in [2.75, 3.05) is 17.7 Å². The van der Waals surface area contributed by atoms with Crippen molar-refractivity contribution in [3.05, 3.63) is 64.8 Å². The Balaban J connectivity index is 1.76. The molecule has 0 aliphatic heterocycles. The lowest BCUT2D eigenvalue weighted by Gasteiger charge is -2.20. The number of Topliss-reactive ketones (excluding diaryl/α,β-unsaturated/α-hetero) is 1. The van der Waals surface area contributed by atoms with Crippen molar-refractivity contribution in [3.8, 4) is 5.75 Å². The van der Waals surface area contributed by atoms with Crippen LogP contribution >= 0.6 is 0 Å². The van der Waals surface area contributed by atoms with Crippen LogP contribution in [0.15, 0.2) is 42.5 Å². The molecule has 1 heterocycles. The first-order valence-electron chi connectivity index (χ1n) is 9.73. The molecule has 1 aliphatic rings. The summed E-state index contributed by atoms with van der Waals surface area (Å²) in [6.45, 7) is 4.08. The largest absolute Gasteiger partial charge is 0.497 e. The lowest BCUT2D eigenvalue weighted by molar-refractivity contribution is 0.0972. The SMILES string of the molecule is COc1cccc(Nc2nc3c(c(Nc4c(C)cccc4C)n2)C(=O)CCC3)c1. The minimum Gasteiger partial charge on any atom is -0.497 e. The van der Waals surface area contributed by atoms with Crippen LogP contribution < -0.4 is 15.4 Å². The second-order valence-electron chi connectivity index (χ2n) is 7.24. The average molecular weight is 388 g/mol. The van der Waals surface area contributed by atoms with Crippen molar-refractivity contribution in [1.82, 2.24) is 9.97 Å². The van der Waals surface area contributed by atoms with E-state index < -0.39 is 0 Å². The molecule has 0 saturated heterocycles. The molecule has 29 heavy (non-hydrogen) atoms. The Morgan fingerprint density at radius 3 is 2.48 bits per heavy atom. The molecule has 3 aromatic rings. The van der Waals surface area contributed by atoms with Crippen LogP contribution in [0.4, 0.5) is 23.1 Å². The first kappa shape index (κ1) is 18.9. The van der Waals surface area contributed by atoms with Crippen LogP contribution in [0.2, 0.25) is 0 Å². The summed E-state index contributed by atoms with van der Waals surface area (Å²) in [4.78, 5) is 22.0. The molecule has 0 spiro atoms. The summed E-state index contributed by atoms with van der Waals surface area (Å²) in [5, 5.41) is 6.66. The maximum Gasteiger partial charge on any atom is 0.229 e. The molecule has 0 unspecified atom stereocenters. The number of methoxy groups -OCH3 is 1. The Labute approximate surface area is 170 Å². The summed E-state index contributed by atoms with van der Waals surface area (Å²) >= 11 is 0. The first-order chi connectivity index (χ1) is 14.0. The number of anilines is 4. The Kier molecular flexibility index (Phi) is 5.16. The highest BCUT2D eigenvalue weighted by molar-refractivity contribution is 6.03. The van der Waals surface area contributed by atoms with Gasteiger partial charge in [0.2, 0.25) is 5.95 Å². The molecule has 1 aliphatic carbocycles. The number of aromatic nitrogens is 2. The maximum absolute atomic E-state index is 12.7. The van der Waals surface area contributed by atoms with Gasteiger partial charge in [-0.05, 0) is 49.9 Å². The number of carbonyl (C=O) groups is 1. The minimum absolute atomic E-state index is 0.0907. The van der Waals surface area contributed by atoms with Gasteiger partial charge in [-0.2, -0.15) is 4.98 Å². The van der Waals surface area contributed by atoms with E-state index in [1.165, 1.54) is 0 Å². The predicted octanol–water partition coefficient (Wildman–Crippen LogP) is 5.11. The number of rotatable bonds is 5. The van der Waals surface area contributed by atoms with Crippen LogP contribution in [-0.2, 0) is 6.42 Å². The molecular formula is C23H24N4O2. The number of hydrogen-bond donors (Lipinski definition) is 2. The highest BCUT2D eigenvalue weighted by atomic mass is 16.5. The Bertz CT molecular complexity index is 1060. The van der Waals surface area contributed by atoms with Crippen molar-refractivity contribution >= 4 is 28.9 Å². The fourth-order valence-electron chi connectivity index (χ4n) is 3.63. The molecule has 6 heteroatoms. The Morgan fingerprint density at radius 1 is 0.966 bits per heavy atom. The molecule has 0 amide bonds. The molecule has 2 aromatic carbocycles. The topological polar surface area (TPSA) is 76.1 Å². The van der Waals surface area contributed by atoms with Crippen molar-refractivity contribution in [1.29, 1.82) is 0 Å². The molecule has 2 N–H and O–H groups in total. The Hall–Kier alpha value is -3.41. The van der Waals surface area contributed by atoms with Gasteiger partial charge in [0.1, 0.15) is 11.6 Å². The fourth-order valence-corrected chi connectivity index (χ4v) is 3.63. The third-order valence-corrected chi connectivity index (χ3v) is 5.13. The molecule has 148 valence electrons. The smallest absolute Gasteiger partial charge is 0.229 e. The maximum atomic E-state index is 12.7. The summed E-state index contributed by atoms with van der Waals surface area (Å²) in [5.74, 6) is 1.85. The third-order valence-electron chi connectivity index (χ3n) is 5.13. The van der Waals surface area contributed by atoms with Crippen molar-refractivity contribution in [2.24, 2.45) is 0 Å². The van der Waals surface area contributed by atoms with E-state index in [1.54, 1.807) is 7.11 Å². The summed E-state index contributed by atoms with van der Waals surface area (Å²) in [5.41, 5.74) is 5.39. The number of benzene rings is 2. The quantitative estimate of drug-likeness (QED) is 0.633. The van der Waals surface area contributed by atoms with Gasteiger partial charge in [0, 0.05) is 23.9 Å². The molecule has 0 radical (unpaired) electrons. The first-order valence-corrected chi connectivity index (χ1v) is 9.73. The number of hydrogen-bond acceptors (Lipinski definition) is 6. The lowest BCUT2D eigenvalue weighted by atomic mass is 9.95. The molecule has 0 fully saturated rings. The molecule has 1 aromatic heterocycles. The second kappa shape index (κ2) is 7.91. The predicted molar refractivity (Wildman–Crippen MR) is 115 cm³/mol. The number of nitrogens with zero attached hydrogens (tertiary/aromatic N) is 2. The lowest BCUT2D eigenvalue weighted by Crippen LogP contribution is -2.18. The number of fused-ring (bicyclic) bond motifs is 1. The summed E-state index contributed by atoms with van der Waals surface area (Å²) in [6.07, 6.45) is 2.10. The number of ketones is 1. The van der Waals surface area contributed by atoms with E-state index in [-0.39, 0.29) is 5.78 Å². The zero-order valence-electron chi connectivity index (χ0n) is 16.9. The molecular weight excluding hydrogens is 364 g/mol. The number of carbonyl (C=O) groups excluding carboxylic acids is 1. The van der Waals surface area contributed by atoms with Crippen LogP contribution in [0.25, 0.3) is 0 Å². The van der Waals surface area contributed by atoms with Gasteiger partial charge >= 0.3 is 0 Å². The zero-order chi connectivity index (χ0) is 20.4. The standard InChI is InChI=1S/C23H24N4O2/c1-14-7-4-8-15(2)21(14)26-22-20-18(11-6-12-19(20)28)25-23(27-22)24-16-9-5-10-17(13-16)29-3/h4-5,7-10,13H,6,11-12H2,1-3H3,(H2,24,25,26,27). The van der Waals surface area contributed by atoms with Gasteiger partial charge in [-0.15, -0.1) is 0 Å². The zero-order valence-corrected chi connectivity index (χ0v) is 16.9. The fraction of sp³-hybridized carbons (Fsp3) is 0.261. The van der Waals surface area contributed by atoms with E-state index >= 15 is 0 Å². The third kappa shape index (κ3) is 3.92. The molecule has 6 nitrogen and oxygen atoms in total. The van der Waals surface area contributed by atoms with Gasteiger partial charge in [-0.25, -0.2) is 4.98 Å². The number of para-hydroxylation sites is 1. The van der Waals surface area contributed by atoms with E-state index in [0.717, 1.165) is 46.8 Å². The van der Waals surface area contributed by atoms with Crippen LogP contribution in [-0.4, -0.2) is 22.9 Å². The molecule has 0 bridgehead atoms. The van der Waals surface area contributed by atoms with Crippen LogP contribution in [0.3, 0.4) is 0 Å². The Morgan fingerprint density at radius 2 is 1.72 bits per heavy atom. The summed E-state index contributed by atoms with van der Waals surface area (Å²) in [7, 11) is 1.63. The van der Waals surface area contributed by atoms with Gasteiger partial charge in [-0.1, -0.05) is 24.3 Å².